The van der Waals surface area contributed by atoms with Crippen molar-refractivity contribution < 1.29 is 9.59 Å². The lowest BCUT2D eigenvalue weighted by Gasteiger charge is -2.27. The molecule has 0 bridgehead atoms. The largest absolute Gasteiger partial charge is 0.353 e. The Kier molecular flexibility index (Phi) is 3.66. The first-order valence-electron chi connectivity index (χ1n) is 6.36. The summed E-state index contributed by atoms with van der Waals surface area (Å²) in [6, 6.07) is 0.547. The fourth-order valence-electron chi connectivity index (χ4n) is 2.62. The quantitative estimate of drug-likeness (QED) is 0.703. The molecule has 1 aliphatic heterocycles. The summed E-state index contributed by atoms with van der Waals surface area (Å²) in [7, 11) is 1.75. The van der Waals surface area contributed by atoms with Gasteiger partial charge in [-0.05, 0) is 25.7 Å². The molecule has 2 fully saturated rings. The first-order chi connectivity index (χ1) is 8.06. The van der Waals surface area contributed by atoms with Crippen LogP contribution in [0.5, 0.6) is 0 Å². The Morgan fingerprint density at radius 2 is 2.00 bits per heavy atom. The van der Waals surface area contributed by atoms with E-state index in [0.717, 1.165) is 25.7 Å². The van der Waals surface area contributed by atoms with Crippen molar-refractivity contribution in [2.75, 3.05) is 13.6 Å². The molecular formula is C12H21N3O2. The molecule has 2 amide bonds. The molecule has 1 heterocycles. The van der Waals surface area contributed by atoms with Crippen LogP contribution in [0.3, 0.4) is 0 Å². The number of nitrogens with zero attached hydrogens (tertiary/aromatic N) is 1. The molecular weight excluding hydrogens is 218 g/mol. The van der Waals surface area contributed by atoms with Crippen molar-refractivity contribution in [3.8, 4) is 0 Å². The predicted molar refractivity (Wildman–Crippen MR) is 64.1 cm³/mol. The van der Waals surface area contributed by atoms with E-state index in [1.807, 2.05) is 0 Å². The number of rotatable bonds is 2. The molecule has 2 aliphatic rings. The van der Waals surface area contributed by atoms with Crippen LogP contribution in [0.2, 0.25) is 0 Å². The van der Waals surface area contributed by atoms with Gasteiger partial charge in [0.25, 0.3) is 0 Å². The monoisotopic (exact) mass is 239 g/mol. The Labute approximate surface area is 102 Å². The zero-order valence-corrected chi connectivity index (χ0v) is 10.3. The molecule has 2 rings (SSSR count). The van der Waals surface area contributed by atoms with Crippen molar-refractivity contribution in [3.05, 3.63) is 0 Å². The molecule has 0 aromatic rings. The normalized spacial score (nSPS) is 33.9. The fraction of sp³-hybridized carbons (Fsp3) is 0.833. The number of carbonyl (C=O) groups is 2. The molecule has 96 valence electrons. The highest BCUT2D eigenvalue weighted by atomic mass is 16.2. The lowest BCUT2D eigenvalue weighted by molar-refractivity contribution is -0.128. The Balaban J connectivity index is 1.79. The van der Waals surface area contributed by atoms with Gasteiger partial charge in [0, 0.05) is 32.1 Å². The highest BCUT2D eigenvalue weighted by Gasteiger charge is 2.33. The summed E-state index contributed by atoms with van der Waals surface area (Å²) in [4.78, 5) is 24.9. The summed E-state index contributed by atoms with van der Waals surface area (Å²) in [6.45, 7) is 0.552. The van der Waals surface area contributed by atoms with Gasteiger partial charge in [-0.1, -0.05) is 0 Å². The van der Waals surface area contributed by atoms with E-state index in [-0.39, 0.29) is 23.8 Å². The molecule has 0 radical (unpaired) electrons. The average Bonchev–Trinajstić information content (AvgIpc) is 2.63. The fourth-order valence-corrected chi connectivity index (χ4v) is 2.62. The number of amides is 2. The van der Waals surface area contributed by atoms with Gasteiger partial charge in [-0.2, -0.15) is 0 Å². The average molecular weight is 239 g/mol. The third kappa shape index (κ3) is 2.97. The smallest absolute Gasteiger partial charge is 0.225 e. The third-order valence-electron chi connectivity index (χ3n) is 3.83. The van der Waals surface area contributed by atoms with Crippen LogP contribution in [-0.4, -0.2) is 42.4 Å². The molecule has 3 N–H and O–H groups in total. The standard InChI is InChI=1S/C12H21N3O2/c1-15-7-8(6-11(15)16)12(17)14-10-4-2-9(13)3-5-10/h8-10H,2-7,13H2,1H3,(H,14,17). The highest BCUT2D eigenvalue weighted by molar-refractivity contribution is 5.89. The van der Waals surface area contributed by atoms with Crippen molar-refractivity contribution in [1.29, 1.82) is 0 Å². The second-order valence-corrected chi connectivity index (χ2v) is 5.30. The van der Waals surface area contributed by atoms with Crippen molar-refractivity contribution in [3.63, 3.8) is 0 Å². The highest BCUT2D eigenvalue weighted by Crippen LogP contribution is 2.20. The maximum Gasteiger partial charge on any atom is 0.225 e. The molecule has 1 atom stereocenters. The van der Waals surface area contributed by atoms with Gasteiger partial charge >= 0.3 is 0 Å². The minimum atomic E-state index is -0.164. The van der Waals surface area contributed by atoms with Crippen LogP contribution in [0, 0.1) is 5.92 Å². The summed E-state index contributed by atoms with van der Waals surface area (Å²) < 4.78 is 0. The summed E-state index contributed by atoms with van der Waals surface area (Å²) in [5, 5.41) is 3.05. The Morgan fingerprint density at radius 3 is 2.53 bits per heavy atom. The van der Waals surface area contributed by atoms with Gasteiger partial charge in [0.1, 0.15) is 0 Å². The van der Waals surface area contributed by atoms with Crippen LogP contribution in [0.25, 0.3) is 0 Å². The van der Waals surface area contributed by atoms with Gasteiger partial charge in [-0.15, -0.1) is 0 Å². The van der Waals surface area contributed by atoms with Crippen molar-refractivity contribution in [2.45, 2.75) is 44.2 Å². The van der Waals surface area contributed by atoms with Crippen LogP contribution in [0.4, 0.5) is 0 Å². The van der Waals surface area contributed by atoms with E-state index in [0.29, 0.717) is 19.0 Å². The maximum atomic E-state index is 12.0. The van der Waals surface area contributed by atoms with Crippen LogP contribution in [0.1, 0.15) is 32.1 Å². The van der Waals surface area contributed by atoms with Crippen molar-refractivity contribution in [1.82, 2.24) is 10.2 Å². The second kappa shape index (κ2) is 5.04. The summed E-state index contributed by atoms with van der Waals surface area (Å²) in [6.07, 6.45) is 4.24. The molecule has 5 heteroatoms. The van der Waals surface area contributed by atoms with Gasteiger partial charge < -0.3 is 16.0 Å². The van der Waals surface area contributed by atoms with Gasteiger partial charge in [-0.25, -0.2) is 0 Å². The molecule has 1 saturated carbocycles. The molecule has 17 heavy (non-hydrogen) atoms. The molecule has 1 unspecified atom stereocenters. The zero-order valence-electron chi connectivity index (χ0n) is 10.3. The number of hydrogen-bond donors (Lipinski definition) is 2. The lowest BCUT2D eigenvalue weighted by Crippen LogP contribution is -2.43. The van der Waals surface area contributed by atoms with Crippen LogP contribution >= 0.6 is 0 Å². The van der Waals surface area contributed by atoms with Gasteiger partial charge in [0.15, 0.2) is 0 Å². The number of hydrogen-bond acceptors (Lipinski definition) is 3. The summed E-state index contributed by atoms with van der Waals surface area (Å²) in [5.41, 5.74) is 5.82. The van der Waals surface area contributed by atoms with Gasteiger partial charge in [0.2, 0.25) is 11.8 Å². The summed E-state index contributed by atoms with van der Waals surface area (Å²) in [5.74, 6) is -0.0675. The van der Waals surface area contributed by atoms with Crippen molar-refractivity contribution >= 4 is 11.8 Å². The Morgan fingerprint density at radius 1 is 1.35 bits per heavy atom. The topological polar surface area (TPSA) is 75.4 Å². The van der Waals surface area contributed by atoms with E-state index in [9.17, 15) is 9.59 Å². The predicted octanol–water partition coefficient (Wildman–Crippen LogP) is -0.149. The van der Waals surface area contributed by atoms with E-state index < -0.39 is 0 Å². The van der Waals surface area contributed by atoms with Gasteiger partial charge in [0.05, 0.1) is 5.92 Å². The number of carbonyl (C=O) groups excluding carboxylic acids is 2. The number of likely N-dealkylation sites (tertiary alicyclic amines) is 1. The van der Waals surface area contributed by atoms with E-state index in [1.54, 1.807) is 11.9 Å². The zero-order chi connectivity index (χ0) is 12.4. The van der Waals surface area contributed by atoms with E-state index >= 15 is 0 Å². The van der Waals surface area contributed by atoms with Crippen LogP contribution < -0.4 is 11.1 Å². The third-order valence-corrected chi connectivity index (χ3v) is 3.83. The first kappa shape index (κ1) is 12.4. The Hall–Kier alpha value is -1.10. The SMILES string of the molecule is CN1CC(C(=O)NC2CCC(N)CC2)CC1=O. The number of nitrogens with two attached hydrogens (primary N) is 1. The van der Waals surface area contributed by atoms with E-state index in [2.05, 4.69) is 5.32 Å². The number of nitrogens with one attached hydrogen (secondary N) is 1. The van der Waals surface area contributed by atoms with Crippen LogP contribution in [-0.2, 0) is 9.59 Å². The molecule has 0 aromatic carbocycles. The molecule has 1 aliphatic carbocycles. The summed E-state index contributed by atoms with van der Waals surface area (Å²) >= 11 is 0. The molecule has 0 spiro atoms. The molecule has 1 saturated heterocycles. The minimum absolute atomic E-state index is 0.0307. The maximum absolute atomic E-state index is 12.0. The second-order valence-electron chi connectivity index (χ2n) is 5.30. The lowest BCUT2D eigenvalue weighted by atomic mass is 9.91. The van der Waals surface area contributed by atoms with Crippen LogP contribution in [0.15, 0.2) is 0 Å². The molecule has 5 nitrogen and oxygen atoms in total. The Bertz CT molecular complexity index is 311. The van der Waals surface area contributed by atoms with E-state index in [4.69, 9.17) is 5.73 Å². The molecule has 0 aromatic heterocycles. The van der Waals surface area contributed by atoms with E-state index in [1.165, 1.54) is 0 Å². The minimum Gasteiger partial charge on any atom is -0.353 e. The first-order valence-corrected chi connectivity index (χ1v) is 6.36. The van der Waals surface area contributed by atoms with Gasteiger partial charge in [-0.3, -0.25) is 9.59 Å². The van der Waals surface area contributed by atoms with Crippen molar-refractivity contribution in [2.24, 2.45) is 11.7 Å².